The van der Waals surface area contributed by atoms with E-state index in [1.165, 1.54) is 0 Å². The van der Waals surface area contributed by atoms with E-state index in [0.717, 1.165) is 12.8 Å². The van der Waals surface area contributed by atoms with Crippen molar-refractivity contribution in [3.8, 4) is 0 Å². The summed E-state index contributed by atoms with van der Waals surface area (Å²) in [6.07, 6.45) is 2.20. The molecular weight excluding hydrogens is 168 g/mol. The lowest BCUT2D eigenvalue weighted by atomic mass is 9.65. The van der Waals surface area contributed by atoms with E-state index in [-0.39, 0.29) is 29.0 Å². The first kappa shape index (κ1) is 7.80. The largest absolute Gasteiger partial charge is 0.465 e. The van der Waals surface area contributed by atoms with Crippen molar-refractivity contribution in [2.24, 2.45) is 11.3 Å². The number of hydrogen-bond donors (Lipinski definition) is 0. The van der Waals surface area contributed by atoms with Gasteiger partial charge in [0.05, 0.1) is 18.3 Å². The maximum atomic E-state index is 11.6. The molecule has 0 aromatic rings. The van der Waals surface area contributed by atoms with Crippen LogP contribution in [0.1, 0.15) is 26.7 Å². The van der Waals surface area contributed by atoms with E-state index in [2.05, 4.69) is 6.92 Å². The molecule has 0 N–H and O–H groups in total. The van der Waals surface area contributed by atoms with Gasteiger partial charge in [0.15, 0.2) is 0 Å². The highest BCUT2D eigenvalue weighted by Gasteiger charge is 2.70. The first-order chi connectivity index (χ1) is 6.07. The zero-order chi connectivity index (χ0) is 9.27. The minimum absolute atomic E-state index is 0.0501. The number of esters is 1. The number of hydrogen-bond acceptors (Lipinski definition) is 3. The Bertz CT molecular complexity index is 288. The average Bonchev–Trinajstić information content (AvgIpc) is 2.63. The third-order valence-electron chi connectivity index (χ3n) is 4.27. The van der Waals surface area contributed by atoms with Crippen molar-refractivity contribution in [3.05, 3.63) is 0 Å². The predicted octanol–water partition coefficient (Wildman–Crippen LogP) is 1.12. The second-order valence-electron chi connectivity index (χ2n) is 4.89. The van der Waals surface area contributed by atoms with Gasteiger partial charge < -0.3 is 9.47 Å². The number of fused-ring (bicyclic) bond motifs is 5. The van der Waals surface area contributed by atoms with Crippen LogP contribution in [0.3, 0.4) is 0 Å². The highest BCUT2D eigenvalue weighted by molar-refractivity contribution is 5.80. The van der Waals surface area contributed by atoms with Crippen molar-refractivity contribution in [3.63, 3.8) is 0 Å². The van der Waals surface area contributed by atoms with Crippen LogP contribution in [-0.4, -0.2) is 24.3 Å². The van der Waals surface area contributed by atoms with Crippen molar-refractivity contribution in [1.82, 2.24) is 0 Å². The molecule has 2 bridgehead atoms. The zero-order valence-electron chi connectivity index (χ0n) is 8.00. The molecule has 13 heavy (non-hydrogen) atoms. The van der Waals surface area contributed by atoms with Gasteiger partial charge in [0.2, 0.25) is 0 Å². The van der Waals surface area contributed by atoms with Gasteiger partial charge in [-0.3, -0.25) is 4.79 Å². The predicted molar refractivity (Wildman–Crippen MR) is 45.1 cm³/mol. The quantitative estimate of drug-likeness (QED) is 0.526. The molecule has 0 amide bonds. The van der Waals surface area contributed by atoms with E-state index in [1.807, 2.05) is 6.92 Å². The van der Waals surface area contributed by atoms with Gasteiger partial charge in [0.25, 0.3) is 0 Å². The number of carbonyl (C=O) groups excluding carboxylic acids is 1. The lowest BCUT2D eigenvalue weighted by Crippen LogP contribution is -2.43. The summed E-state index contributed by atoms with van der Waals surface area (Å²) >= 11 is 0. The van der Waals surface area contributed by atoms with Gasteiger partial charge >= 0.3 is 5.97 Å². The van der Waals surface area contributed by atoms with Crippen LogP contribution < -0.4 is 0 Å². The molecule has 3 rings (SSSR count). The molecule has 3 aliphatic heterocycles. The molecule has 0 unspecified atom stereocenters. The summed E-state index contributed by atoms with van der Waals surface area (Å²) in [6, 6.07) is 0. The Labute approximate surface area is 77.4 Å². The second-order valence-corrected chi connectivity index (χ2v) is 4.89. The number of carbonyl (C=O) groups is 1. The van der Waals surface area contributed by atoms with Crippen LogP contribution in [-0.2, 0) is 14.3 Å². The zero-order valence-corrected chi connectivity index (χ0v) is 8.00. The fraction of sp³-hybridized carbons (Fsp3) is 0.900. The molecule has 0 aliphatic carbocycles. The van der Waals surface area contributed by atoms with Crippen LogP contribution >= 0.6 is 0 Å². The third-order valence-corrected chi connectivity index (χ3v) is 4.27. The molecule has 3 heteroatoms. The summed E-state index contributed by atoms with van der Waals surface area (Å²) < 4.78 is 11.0. The molecule has 0 aromatic heterocycles. The standard InChI is InChI=1S/C10H14O3/c1-9-4-3-7(13-9)10(2)6(9)5-12-8(10)11/h6-7H,3-5H2,1-2H3/t6-,7+,9+,10+/m1/s1. The minimum Gasteiger partial charge on any atom is -0.465 e. The maximum absolute atomic E-state index is 11.6. The average molecular weight is 182 g/mol. The molecule has 4 atom stereocenters. The van der Waals surface area contributed by atoms with E-state index >= 15 is 0 Å². The van der Waals surface area contributed by atoms with Gasteiger partial charge in [-0.15, -0.1) is 0 Å². The van der Waals surface area contributed by atoms with Gasteiger partial charge in [-0.2, -0.15) is 0 Å². The minimum atomic E-state index is -0.340. The number of ether oxygens (including phenoxy) is 2. The van der Waals surface area contributed by atoms with E-state index in [0.29, 0.717) is 6.61 Å². The van der Waals surface area contributed by atoms with Crippen LogP contribution in [0.5, 0.6) is 0 Å². The lowest BCUT2D eigenvalue weighted by Gasteiger charge is -2.31. The summed E-state index contributed by atoms with van der Waals surface area (Å²) in [5.74, 6) is 0.233. The Hall–Kier alpha value is -0.570. The van der Waals surface area contributed by atoms with Crippen molar-refractivity contribution in [2.75, 3.05) is 6.61 Å². The van der Waals surface area contributed by atoms with E-state index < -0.39 is 0 Å². The van der Waals surface area contributed by atoms with Gasteiger partial charge in [-0.25, -0.2) is 0 Å². The first-order valence-electron chi connectivity index (χ1n) is 4.92. The van der Waals surface area contributed by atoms with Crippen molar-refractivity contribution in [1.29, 1.82) is 0 Å². The van der Waals surface area contributed by atoms with E-state index in [1.54, 1.807) is 0 Å². The lowest BCUT2D eigenvalue weighted by molar-refractivity contribution is -0.149. The Kier molecular flexibility index (Phi) is 1.15. The summed E-state index contributed by atoms with van der Waals surface area (Å²) in [4.78, 5) is 11.6. The fourth-order valence-corrected chi connectivity index (χ4v) is 3.34. The van der Waals surface area contributed by atoms with Crippen LogP contribution in [0.4, 0.5) is 0 Å². The summed E-state index contributed by atoms with van der Waals surface area (Å²) in [7, 11) is 0. The highest BCUT2D eigenvalue weighted by atomic mass is 16.6. The maximum Gasteiger partial charge on any atom is 0.314 e. The van der Waals surface area contributed by atoms with E-state index in [9.17, 15) is 4.79 Å². The van der Waals surface area contributed by atoms with Gasteiger partial charge in [-0.1, -0.05) is 0 Å². The molecule has 72 valence electrons. The Balaban J connectivity index is 2.10. The molecule has 3 heterocycles. The summed E-state index contributed by atoms with van der Waals surface area (Å²) in [5, 5.41) is 0. The Morgan fingerprint density at radius 2 is 2.23 bits per heavy atom. The van der Waals surface area contributed by atoms with Crippen molar-refractivity contribution in [2.45, 2.75) is 38.4 Å². The monoisotopic (exact) mass is 182 g/mol. The summed E-state index contributed by atoms with van der Waals surface area (Å²) in [6.45, 7) is 4.68. The third kappa shape index (κ3) is 0.654. The van der Waals surface area contributed by atoms with Crippen LogP contribution in [0.15, 0.2) is 0 Å². The van der Waals surface area contributed by atoms with Gasteiger partial charge in [0.1, 0.15) is 5.41 Å². The molecule has 3 fully saturated rings. The molecular formula is C10H14O3. The SMILES string of the molecule is C[C@]12C(=O)OC[C@@H]1[C@]1(C)CC[C@@H]2O1. The van der Waals surface area contributed by atoms with Crippen LogP contribution in [0, 0.1) is 11.3 Å². The smallest absolute Gasteiger partial charge is 0.314 e. The molecule has 3 saturated heterocycles. The van der Waals surface area contributed by atoms with Gasteiger partial charge in [-0.05, 0) is 26.7 Å². The van der Waals surface area contributed by atoms with Crippen LogP contribution in [0.25, 0.3) is 0 Å². The normalized spacial score (nSPS) is 58.2. The Morgan fingerprint density at radius 1 is 1.46 bits per heavy atom. The molecule has 3 nitrogen and oxygen atoms in total. The number of cyclic esters (lactones) is 1. The number of rotatable bonds is 0. The first-order valence-corrected chi connectivity index (χ1v) is 4.92. The van der Waals surface area contributed by atoms with Crippen molar-refractivity contribution < 1.29 is 14.3 Å². The highest BCUT2D eigenvalue weighted by Crippen LogP contribution is 2.60. The molecule has 0 saturated carbocycles. The van der Waals surface area contributed by atoms with Crippen LogP contribution in [0.2, 0.25) is 0 Å². The Morgan fingerprint density at radius 3 is 2.92 bits per heavy atom. The molecule has 0 aromatic carbocycles. The second kappa shape index (κ2) is 1.92. The van der Waals surface area contributed by atoms with Gasteiger partial charge in [0, 0.05) is 5.92 Å². The fourth-order valence-electron chi connectivity index (χ4n) is 3.34. The van der Waals surface area contributed by atoms with E-state index in [4.69, 9.17) is 9.47 Å². The summed E-state index contributed by atoms with van der Waals surface area (Å²) in [5.41, 5.74) is -0.432. The molecule has 0 spiro atoms. The molecule has 3 aliphatic rings. The topological polar surface area (TPSA) is 35.5 Å². The van der Waals surface area contributed by atoms with Crippen molar-refractivity contribution >= 4 is 5.97 Å². The molecule has 0 radical (unpaired) electrons.